The van der Waals surface area contributed by atoms with Crippen LogP contribution in [0, 0.1) is 0 Å². The van der Waals surface area contributed by atoms with Gasteiger partial charge in [0.1, 0.15) is 11.6 Å². The molecule has 0 spiro atoms. The lowest BCUT2D eigenvalue weighted by atomic mass is 9.89. The topological polar surface area (TPSA) is 54.0 Å². The maximum atomic E-state index is 5.52. The Kier molecular flexibility index (Phi) is 4.17. The molecule has 5 nitrogen and oxygen atoms in total. The van der Waals surface area contributed by atoms with Crippen molar-refractivity contribution >= 4 is 11.2 Å². The number of hydrogen-bond donors (Lipinski definition) is 1. The van der Waals surface area contributed by atoms with Crippen molar-refractivity contribution in [2.75, 3.05) is 20.2 Å². The van der Waals surface area contributed by atoms with Crippen LogP contribution in [0.25, 0.3) is 11.2 Å². The standard InChI is InChI=1S/C19H22N4O/c1-24-17-7-3-2-5-15(17)14-8-11-23(12-9-14)13-18-21-16-6-4-10-20-19(16)22-18/h2-7,10,14H,8-9,11-13H2,1H3,(H,20,21,22). The van der Waals surface area contributed by atoms with E-state index < -0.39 is 0 Å². The van der Waals surface area contributed by atoms with Gasteiger partial charge in [-0.1, -0.05) is 18.2 Å². The molecule has 3 aromatic rings. The second-order valence-corrected chi connectivity index (χ2v) is 6.35. The summed E-state index contributed by atoms with van der Waals surface area (Å²) >= 11 is 0. The predicted octanol–water partition coefficient (Wildman–Crippen LogP) is 3.35. The number of aromatic amines is 1. The molecule has 0 radical (unpaired) electrons. The van der Waals surface area contributed by atoms with E-state index in [9.17, 15) is 0 Å². The molecule has 1 aromatic carbocycles. The summed E-state index contributed by atoms with van der Waals surface area (Å²) in [5, 5.41) is 0. The zero-order valence-corrected chi connectivity index (χ0v) is 13.9. The van der Waals surface area contributed by atoms with Crippen molar-refractivity contribution in [3.63, 3.8) is 0 Å². The summed E-state index contributed by atoms with van der Waals surface area (Å²) in [5.41, 5.74) is 3.15. The fourth-order valence-electron chi connectivity index (χ4n) is 3.59. The Balaban J connectivity index is 1.41. The smallest absolute Gasteiger partial charge is 0.177 e. The fraction of sp³-hybridized carbons (Fsp3) is 0.368. The van der Waals surface area contributed by atoms with E-state index in [4.69, 9.17) is 4.74 Å². The second kappa shape index (κ2) is 6.61. The van der Waals surface area contributed by atoms with Crippen molar-refractivity contribution in [1.29, 1.82) is 0 Å². The van der Waals surface area contributed by atoms with Crippen molar-refractivity contribution in [3.8, 4) is 5.75 Å². The number of hydrogen-bond acceptors (Lipinski definition) is 4. The number of nitrogens with zero attached hydrogens (tertiary/aromatic N) is 3. The Bertz CT molecular complexity index is 788. The Hall–Kier alpha value is -2.40. The number of H-pyrrole nitrogens is 1. The quantitative estimate of drug-likeness (QED) is 0.800. The lowest BCUT2D eigenvalue weighted by Crippen LogP contribution is -2.32. The van der Waals surface area contributed by atoms with E-state index in [1.807, 2.05) is 18.2 Å². The summed E-state index contributed by atoms with van der Waals surface area (Å²) in [4.78, 5) is 14.7. The molecule has 1 N–H and O–H groups in total. The molecular weight excluding hydrogens is 300 g/mol. The summed E-state index contributed by atoms with van der Waals surface area (Å²) in [5.74, 6) is 2.59. The zero-order valence-electron chi connectivity index (χ0n) is 13.9. The molecule has 1 saturated heterocycles. The summed E-state index contributed by atoms with van der Waals surface area (Å²) < 4.78 is 5.52. The van der Waals surface area contributed by atoms with Crippen LogP contribution in [0.2, 0.25) is 0 Å². The highest BCUT2D eigenvalue weighted by atomic mass is 16.5. The van der Waals surface area contributed by atoms with Crippen molar-refractivity contribution in [2.24, 2.45) is 0 Å². The van der Waals surface area contributed by atoms with Gasteiger partial charge in [-0.3, -0.25) is 4.90 Å². The van der Waals surface area contributed by atoms with Gasteiger partial charge < -0.3 is 9.72 Å². The molecule has 4 rings (SSSR count). The molecule has 1 aliphatic heterocycles. The predicted molar refractivity (Wildman–Crippen MR) is 94.1 cm³/mol. The fourth-order valence-corrected chi connectivity index (χ4v) is 3.59. The number of imidazole rings is 1. The number of likely N-dealkylation sites (tertiary alicyclic amines) is 1. The lowest BCUT2D eigenvalue weighted by molar-refractivity contribution is 0.199. The number of rotatable bonds is 4. The molecule has 24 heavy (non-hydrogen) atoms. The zero-order chi connectivity index (χ0) is 16.4. The number of aromatic nitrogens is 3. The van der Waals surface area contributed by atoms with Crippen LogP contribution in [0.4, 0.5) is 0 Å². The maximum absolute atomic E-state index is 5.52. The molecule has 2 aromatic heterocycles. The van der Waals surface area contributed by atoms with Gasteiger partial charge in [-0.05, 0) is 55.6 Å². The highest BCUT2D eigenvalue weighted by Crippen LogP contribution is 2.34. The summed E-state index contributed by atoms with van der Waals surface area (Å²) in [6, 6.07) is 12.3. The van der Waals surface area contributed by atoms with E-state index in [1.165, 1.54) is 5.56 Å². The Labute approximate surface area is 141 Å². The highest BCUT2D eigenvalue weighted by Gasteiger charge is 2.23. The van der Waals surface area contributed by atoms with Crippen LogP contribution in [0.5, 0.6) is 5.75 Å². The first-order chi connectivity index (χ1) is 11.8. The van der Waals surface area contributed by atoms with Crippen LogP contribution in [-0.2, 0) is 6.54 Å². The first-order valence-electron chi connectivity index (χ1n) is 8.48. The molecule has 1 fully saturated rings. The molecule has 0 amide bonds. The summed E-state index contributed by atoms with van der Waals surface area (Å²) in [6.45, 7) is 3.01. The first kappa shape index (κ1) is 15.1. The van der Waals surface area contributed by atoms with Crippen LogP contribution >= 0.6 is 0 Å². The molecule has 0 bridgehead atoms. The van der Waals surface area contributed by atoms with Gasteiger partial charge in [0.05, 0.1) is 19.2 Å². The molecule has 0 unspecified atom stereocenters. The van der Waals surface area contributed by atoms with Gasteiger partial charge in [0.25, 0.3) is 0 Å². The molecule has 3 heterocycles. The second-order valence-electron chi connectivity index (χ2n) is 6.35. The van der Waals surface area contributed by atoms with Crippen molar-refractivity contribution < 1.29 is 4.74 Å². The van der Waals surface area contributed by atoms with Crippen LogP contribution in [0.15, 0.2) is 42.6 Å². The Morgan fingerprint density at radius 1 is 1.17 bits per heavy atom. The Morgan fingerprint density at radius 2 is 2.00 bits per heavy atom. The van der Waals surface area contributed by atoms with E-state index in [0.29, 0.717) is 5.92 Å². The molecular formula is C19H22N4O. The molecule has 1 aliphatic rings. The number of benzene rings is 1. The minimum absolute atomic E-state index is 0.578. The lowest BCUT2D eigenvalue weighted by Gasteiger charge is -2.32. The minimum Gasteiger partial charge on any atom is -0.496 e. The number of nitrogens with one attached hydrogen (secondary N) is 1. The van der Waals surface area contributed by atoms with E-state index in [1.54, 1.807) is 13.3 Å². The SMILES string of the molecule is COc1ccccc1C1CCN(Cc2nc3ncccc3[nH]2)CC1. The molecule has 0 atom stereocenters. The van der Waals surface area contributed by atoms with Gasteiger partial charge in [0, 0.05) is 6.20 Å². The van der Waals surface area contributed by atoms with Gasteiger partial charge >= 0.3 is 0 Å². The third-order valence-electron chi connectivity index (χ3n) is 4.85. The minimum atomic E-state index is 0.578. The van der Waals surface area contributed by atoms with Crippen LogP contribution in [0.1, 0.15) is 30.1 Å². The Morgan fingerprint density at radius 3 is 2.79 bits per heavy atom. The molecule has 5 heteroatoms. The van der Waals surface area contributed by atoms with E-state index in [-0.39, 0.29) is 0 Å². The number of para-hydroxylation sites is 1. The van der Waals surface area contributed by atoms with Crippen molar-refractivity contribution in [2.45, 2.75) is 25.3 Å². The molecule has 0 saturated carbocycles. The number of ether oxygens (including phenoxy) is 1. The van der Waals surface area contributed by atoms with E-state index >= 15 is 0 Å². The van der Waals surface area contributed by atoms with Crippen LogP contribution in [0.3, 0.4) is 0 Å². The third kappa shape index (κ3) is 2.99. The number of methoxy groups -OCH3 is 1. The van der Waals surface area contributed by atoms with Gasteiger partial charge in [0.15, 0.2) is 5.65 Å². The number of fused-ring (bicyclic) bond motifs is 1. The van der Waals surface area contributed by atoms with Gasteiger partial charge in [-0.15, -0.1) is 0 Å². The van der Waals surface area contributed by atoms with Gasteiger partial charge in [-0.2, -0.15) is 0 Å². The van der Waals surface area contributed by atoms with E-state index in [2.05, 4.69) is 38.1 Å². The maximum Gasteiger partial charge on any atom is 0.177 e. The third-order valence-corrected chi connectivity index (χ3v) is 4.85. The van der Waals surface area contributed by atoms with Gasteiger partial charge in [-0.25, -0.2) is 9.97 Å². The highest BCUT2D eigenvalue weighted by molar-refractivity contribution is 5.69. The van der Waals surface area contributed by atoms with Crippen LogP contribution < -0.4 is 4.74 Å². The number of piperidine rings is 1. The van der Waals surface area contributed by atoms with E-state index in [0.717, 1.165) is 55.2 Å². The number of pyridine rings is 1. The summed E-state index contributed by atoms with van der Waals surface area (Å²) in [7, 11) is 1.75. The largest absolute Gasteiger partial charge is 0.496 e. The average molecular weight is 322 g/mol. The van der Waals surface area contributed by atoms with Gasteiger partial charge in [0.2, 0.25) is 0 Å². The monoisotopic (exact) mass is 322 g/mol. The van der Waals surface area contributed by atoms with Crippen molar-refractivity contribution in [1.82, 2.24) is 19.9 Å². The first-order valence-corrected chi connectivity index (χ1v) is 8.48. The average Bonchev–Trinajstić information content (AvgIpc) is 3.04. The molecule has 124 valence electrons. The molecule has 0 aliphatic carbocycles. The summed E-state index contributed by atoms with van der Waals surface area (Å²) in [6.07, 6.45) is 4.09. The van der Waals surface area contributed by atoms with Crippen LogP contribution in [-0.4, -0.2) is 40.1 Å². The normalized spacial score (nSPS) is 16.5. The van der Waals surface area contributed by atoms with Crippen molar-refractivity contribution in [3.05, 3.63) is 54.0 Å².